The Bertz CT molecular complexity index is 719. The molecule has 0 radical (unpaired) electrons. The van der Waals surface area contributed by atoms with Crippen molar-refractivity contribution in [1.29, 1.82) is 0 Å². The van der Waals surface area contributed by atoms with E-state index in [1.165, 1.54) is 0 Å². The van der Waals surface area contributed by atoms with Crippen LogP contribution < -0.4 is 11.1 Å². The molecule has 6 unspecified atom stereocenters. The highest BCUT2D eigenvalue weighted by Crippen LogP contribution is 2.68. The molecule has 4 aliphatic rings. The van der Waals surface area contributed by atoms with E-state index in [0.717, 1.165) is 64.2 Å². The molecule has 0 aromatic carbocycles. The zero-order chi connectivity index (χ0) is 24.7. The molecule has 4 saturated carbocycles. The maximum Gasteiger partial charge on any atom is 0.220 e. The lowest BCUT2D eigenvalue weighted by Gasteiger charge is -2.63. The largest absolute Gasteiger partial charge is 0.393 e. The molecule has 1 amide bonds. The van der Waals surface area contributed by atoms with E-state index < -0.39 is 0 Å². The van der Waals surface area contributed by atoms with Gasteiger partial charge in [-0.2, -0.15) is 0 Å². The van der Waals surface area contributed by atoms with Gasteiger partial charge in [-0.3, -0.25) is 4.79 Å². The van der Waals surface area contributed by atoms with Gasteiger partial charge in [-0.1, -0.05) is 20.8 Å². The molecule has 6 nitrogen and oxygen atoms in total. The van der Waals surface area contributed by atoms with Crippen molar-refractivity contribution in [2.75, 3.05) is 13.1 Å². The number of aliphatic hydroxyl groups is 3. The van der Waals surface area contributed by atoms with Crippen molar-refractivity contribution in [3.63, 3.8) is 0 Å². The van der Waals surface area contributed by atoms with Gasteiger partial charge in [-0.15, -0.1) is 0 Å². The first-order chi connectivity index (χ1) is 16.1. The summed E-state index contributed by atoms with van der Waals surface area (Å²) < 4.78 is 0. The summed E-state index contributed by atoms with van der Waals surface area (Å²) in [6, 6.07) is 0. The zero-order valence-corrected chi connectivity index (χ0v) is 21.7. The van der Waals surface area contributed by atoms with Gasteiger partial charge in [0.25, 0.3) is 0 Å². The van der Waals surface area contributed by atoms with E-state index in [0.29, 0.717) is 49.1 Å². The first-order valence-corrected chi connectivity index (χ1v) is 14.1. The Morgan fingerprint density at radius 2 is 1.82 bits per heavy atom. The maximum atomic E-state index is 12.3. The van der Waals surface area contributed by atoms with Gasteiger partial charge in [-0.25, -0.2) is 0 Å². The summed E-state index contributed by atoms with van der Waals surface area (Å²) in [5, 5.41) is 36.4. The molecular formula is C28H50N2O4. The Balaban J connectivity index is 1.43. The molecule has 196 valence electrons. The van der Waals surface area contributed by atoms with Gasteiger partial charge in [0.05, 0.1) is 18.3 Å². The number of hydrogen-bond donors (Lipinski definition) is 5. The lowest BCUT2D eigenvalue weighted by Crippen LogP contribution is -2.62. The molecule has 0 aromatic heterocycles. The van der Waals surface area contributed by atoms with Gasteiger partial charge < -0.3 is 26.4 Å². The summed E-state index contributed by atoms with van der Waals surface area (Å²) in [5.74, 6) is 2.12. The van der Waals surface area contributed by atoms with Crippen molar-refractivity contribution in [2.24, 2.45) is 52.1 Å². The van der Waals surface area contributed by atoms with Crippen LogP contribution in [-0.4, -0.2) is 52.6 Å². The second-order valence-electron chi connectivity index (χ2n) is 12.9. The van der Waals surface area contributed by atoms with Crippen molar-refractivity contribution in [1.82, 2.24) is 5.32 Å². The Kier molecular flexibility index (Phi) is 8.03. The van der Waals surface area contributed by atoms with Crippen molar-refractivity contribution in [3.05, 3.63) is 0 Å². The molecule has 4 rings (SSSR count). The molecule has 0 bridgehead atoms. The van der Waals surface area contributed by atoms with Crippen molar-refractivity contribution >= 4 is 5.91 Å². The minimum Gasteiger partial charge on any atom is -0.393 e. The minimum absolute atomic E-state index is 0.108. The number of hydrogen-bond acceptors (Lipinski definition) is 5. The highest BCUT2D eigenvalue weighted by Gasteiger charge is 2.65. The Morgan fingerprint density at radius 3 is 2.56 bits per heavy atom. The fraction of sp³-hybridized carbons (Fsp3) is 0.964. The van der Waals surface area contributed by atoms with Crippen molar-refractivity contribution in [2.45, 2.75) is 110 Å². The van der Waals surface area contributed by atoms with E-state index >= 15 is 0 Å². The fourth-order valence-corrected chi connectivity index (χ4v) is 9.28. The quantitative estimate of drug-likeness (QED) is 0.344. The van der Waals surface area contributed by atoms with Gasteiger partial charge in [0.15, 0.2) is 0 Å². The van der Waals surface area contributed by atoms with Crippen molar-refractivity contribution in [3.8, 4) is 0 Å². The molecule has 0 saturated heterocycles. The summed E-state index contributed by atoms with van der Waals surface area (Å²) in [5.41, 5.74) is 5.44. The van der Waals surface area contributed by atoms with E-state index in [2.05, 4.69) is 26.1 Å². The molecule has 34 heavy (non-hydrogen) atoms. The molecule has 0 aliphatic heterocycles. The van der Waals surface area contributed by atoms with Crippen LogP contribution in [0.3, 0.4) is 0 Å². The molecule has 6 heteroatoms. The number of rotatable bonds is 8. The van der Waals surface area contributed by atoms with Crippen LogP contribution in [-0.2, 0) is 4.79 Å². The summed E-state index contributed by atoms with van der Waals surface area (Å²) in [6.07, 6.45) is 8.64. The average Bonchev–Trinajstić information content (AvgIpc) is 3.15. The van der Waals surface area contributed by atoms with Gasteiger partial charge >= 0.3 is 0 Å². The molecule has 0 heterocycles. The highest BCUT2D eigenvalue weighted by atomic mass is 16.3. The van der Waals surface area contributed by atoms with E-state index in [-0.39, 0.29) is 41.0 Å². The summed E-state index contributed by atoms with van der Waals surface area (Å²) in [6.45, 7) is 8.28. The third kappa shape index (κ3) is 4.57. The lowest BCUT2D eigenvalue weighted by molar-refractivity contribution is -0.207. The van der Waals surface area contributed by atoms with Crippen LogP contribution in [0, 0.1) is 46.3 Å². The minimum atomic E-state index is -0.367. The first kappa shape index (κ1) is 26.4. The van der Waals surface area contributed by atoms with E-state index in [9.17, 15) is 20.1 Å². The molecule has 4 aliphatic carbocycles. The van der Waals surface area contributed by atoms with E-state index in [4.69, 9.17) is 5.73 Å². The van der Waals surface area contributed by atoms with Gasteiger partial charge in [-0.05, 0) is 117 Å². The van der Waals surface area contributed by atoms with E-state index in [1.807, 2.05) is 0 Å². The number of nitrogens with two attached hydrogens (primary N) is 1. The molecule has 0 aromatic rings. The normalized spacial score (nSPS) is 46.8. The van der Waals surface area contributed by atoms with E-state index in [1.54, 1.807) is 0 Å². The Labute approximate surface area is 206 Å². The zero-order valence-electron chi connectivity index (χ0n) is 21.7. The molecular weight excluding hydrogens is 428 g/mol. The second-order valence-corrected chi connectivity index (χ2v) is 12.9. The number of unbranched alkanes of at least 4 members (excludes halogenated alkanes) is 1. The first-order valence-electron chi connectivity index (χ1n) is 14.1. The van der Waals surface area contributed by atoms with Crippen LogP contribution in [0.4, 0.5) is 0 Å². The summed E-state index contributed by atoms with van der Waals surface area (Å²) in [7, 11) is 0. The fourth-order valence-electron chi connectivity index (χ4n) is 9.28. The number of carbonyl (C=O) groups is 1. The lowest BCUT2D eigenvalue weighted by atomic mass is 9.43. The molecule has 0 spiro atoms. The van der Waals surface area contributed by atoms with Crippen LogP contribution in [0.5, 0.6) is 0 Å². The number of aliphatic hydroxyl groups excluding tert-OH is 3. The van der Waals surface area contributed by atoms with Gasteiger partial charge in [0, 0.05) is 13.0 Å². The Hall–Kier alpha value is -0.690. The Morgan fingerprint density at radius 1 is 1.06 bits per heavy atom. The summed E-state index contributed by atoms with van der Waals surface area (Å²) in [4.78, 5) is 12.3. The third-order valence-electron chi connectivity index (χ3n) is 11.3. The number of fused-ring (bicyclic) bond motifs is 5. The maximum absolute atomic E-state index is 12.3. The monoisotopic (exact) mass is 478 g/mol. The number of nitrogens with one attached hydrogen (secondary N) is 1. The number of amides is 1. The molecule has 11 atom stereocenters. The second kappa shape index (κ2) is 10.4. The predicted octanol–water partition coefficient (Wildman–Crippen LogP) is 3.22. The average molecular weight is 479 g/mol. The van der Waals surface area contributed by atoms with Crippen molar-refractivity contribution < 1.29 is 20.1 Å². The number of carbonyl (C=O) groups excluding carboxylic acids is 1. The van der Waals surface area contributed by atoms with Crippen LogP contribution in [0.25, 0.3) is 0 Å². The van der Waals surface area contributed by atoms with Crippen LogP contribution >= 0.6 is 0 Å². The molecule has 6 N–H and O–H groups in total. The smallest absolute Gasteiger partial charge is 0.220 e. The SMILES string of the molecule is CC(CCC(=O)NCCCCN)C1CC[C@H]2[C@@H]3C(CC(O)C12C)C1(C)CC[C@@H](O)C[C@H]1C[C@@H]3O. The van der Waals surface area contributed by atoms with Crippen LogP contribution in [0.15, 0.2) is 0 Å². The van der Waals surface area contributed by atoms with Gasteiger partial charge in [0.1, 0.15) is 0 Å². The van der Waals surface area contributed by atoms with Crippen LogP contribution in [0.2, 0.25) is 0 Å². The standard InChI is InChI=1S/C28H50N2O4/c1-17(6-9-25(34)30-13-5-4-12-29)20-7-8-21-26-22(16-24(33)28(20,21)3)27(2)11-10-19(31)14-18(27)15-23(26)32/h17-24,26,31-33H,4-16,29H2,1-3H3,(H,30,34)/t17?,18-,19+,20?,21-,22?,23-,24?,26+,27?,28?/m0/s1. The third-order valence-corrected chi connectivity index (χ3v) is 11.3. The summed E-state index contributed by atoms with van der Waals surface area (Å²) >= 11 is 0. The predicted molar refractivity (Wildman–Crippen MR) is 134 cm³/mol. The highest BCUT2D eigenvalue weighted by molar-refractivity contribution is 5.75. The topological polar surface area (TPSA) is 116 Å². The molecule has 4 fully saturated rings. The van der Waals surface area contributed by atoms with Gasteiger partial charge in [0.2, 0.25) is 5.91 Å². The van der Waals surface area contributed by atoms with Crippen LogP contribution in [0.1, 0.15) is 91.4 Å².